The van der Waals surface area contributed by atoms with E-state index in [1.165, 1.54) is 71.5 Å². The van der Waals surface area contributed by atoms with E-state index < -0.39 is 0 Å². The van der Waals surface area contributed by atoms with Crippen molar-refractivity contribution in [3.05, 3.63) is 106 Å². The molecule has 2 saturated carbocycles. The van der Waals surface area contributed by atoms with Crippen LogP contribution in [0.15, 0.2) is 67.1 Å². The summed E-state index contributed by atoms with van der Waals surface area (Å²) in [7, 11) is 12.6. The fourth-order valence-electron chi connectivity index (χ4n) is 9.44. The van der Waals surface area contributed by atoms with Crippen LogP contribution in [0.25, 0.3) is 32.7 Å². The first-order valence-electron chi connectivity index (χ1n) is 22.2. The second-order valence-corrected chi connectivity index (χ2v) is 17.3. The smallest absolute Gasteiger partial charge is 0.142 e. The van der Waals surface area contributed by atoms with E-state index in [-0.39, 0.29) is 10.8 Å². The van der Waals surface area contributed by atoms with Crippen molar-refractivity contribution in [2.24, 2.45) is 0 Å². The number of nitrogens with one attached hydrogen (secondary N) is 1. The number of aryl methyl sites for hydroxylation is 2. The highest BCUT2D eigenvalue weighted by Gasteiger charge is 2.34. The molecule has 6 nitrogen and oxygen atoms in total. The zero-order valence-corrected chi connectivity index (χ0v) is 38.1. The van der Waals surface area contributed by atoms with Gasteiger partial charge in [-0.15, -0.1) is 0 Å². The van der Waals surface area contributed by atoms with Crippen molar-refractivity contribution in [2.75, 3.05) is 42.3 Å². The van der Waals surface area contributed by atoms with Crippen LogP contribution in [0.5, 0.6) is 0 Å². The third-order valence-corrected chi connectivity index (χ3v) is 12.9. The zero-order chi connectivity index (χ0) is 41.8. The summed E-state index contributed by atoms with van der Waals surface area (Å²) in [6, 6.07) is 19.0. The van der Waals surface area contributed by atoms with Crippen LogP contribution in [0.1, 0.15) is 112 Å². The van der Waals surface area contributed by atoms with Crippen LogP contribution in [-0.2, 0) is 32.4 Å². The van der Waals surface area contributed by atoms with Gasteiger partial charge in [0.15, 0.2) is 0 Å². The summed E-state index contributed by atoms with van der Waals surface area (Å²) >= 11 is 5.90. The van der Waals surface area contributed by atoms with Gasteiger partial charge in [0, 0.05) is 66.0 Å². The summed E-state index contributed by atoms with van der Waals surface area (Å²) in [5.74, 6) is 1.39. The fourth-order valence-corrected chi connectivity index (χ4v) is 9.64. The number of hydrogen-bond donors (Lipinski definition) is 1. The van der Waals surface area contributed by atoms with Gasteiger partial charge >= 0.3 is 0 Å². The van der Waals surface area contributed by atoms with Crippen molar-refractivity contribution < 1.29 is 4.39 Å². The Bertz CT molecular complexity index is 2290. The normalized spacial score (nSPS) is 19.9. The Hall–Kier alpha value is -3.62. The molecule has 58 heavy (non-hydrogen) atoms. The maximum atomic E-state index is 13.4. The predicted molar refractivity (Wildman–Crippen MR) is 248 cm³/mol. The van der Waals surface area contributed by atoms with Crippen molar-refractivity contribution in [3.8, 4) is 0 Å². The van der Waals surface area contributed by atoms with Gasteiger partial charge in [0.05, 0.1) is 21.6 Å². The Morgan fingerprint density at radius 1 is 0.707 bits per heavy atom. The molecule has 0 amide bonds. The number of hydrogen-bond acceptors (Lipinski definition) is 3. The largest absolute Gasteiger partial charge is 0.347 e. The molecule has 3 aromatic heterocycles. The van der Waals surface area contributed by atoms with E-state index in [2.05, 4.69) is 113 Å². The Labute approximate surface area is 353 Å². The molecule has 2 fully saturated rings. The number of aromatic nitrogens is 3. The molecule has 0 bridgehead atoms. The number of likely N-dealkylation sites (N-methyl/N-ethyl adjacent to an activating group) is 2. The molecule has 0 spiro atoms. The lowest BCUT2D eigenvalue weighted by atomic mass is 9.93. The summed E-state index contributed by atoms with van der Waals surface area (Å²) in [6.07, 6.45) is 16.8. The molecule has 8 heteroatoms. The van der Waals surface area contributed by atoms with Gasteiger partial charge in [0.1, 0.15) is 5.82 Å². The summed E-state index contributed by atoms with van der Waals surface area (Å²) in [5, 5.41) is 6.89. The maximum Gasteiger partial charge on any atom is 0.142 e. The molecule has 314 valence electrons. The highest BCUT2D eigenvalue weighted by Crippen LogP contribution is 2.47. The van der Waals surface area contributed by atoms with Crippen molar-refractivity contribution >= 4 is 44.3 Å². The molecule has 3 aliphatic heterocycles. The lowest BCUT2D eigenvalue weighted by molar-refractivity contribution is 0.216. The lowest BCUT2D eigenvalue weighted by Crippen LogP contribution is -2.39. The van der Waals surface area contributed by atoms with Crippen LogP contribution in [-0.4, -0.2) is 77.9 Å². The molecule has 5 aliphatic rings. The number of halogens is 2. The van der Waals surface area contributed by atoms with Crippen molar-refractivity contribution in [2.45, 2.75) is 129 Å². The molecule has 2 unspecified atom stereocenters. The second-order valence-electron chi connectivity index (χ2n) is 16.9. The van der Waals surface area contributed by atoms with E-state index in [1.807, 2.05) is 54.1 Å². The Kier molecular flexibility index (Phi) is 14.5. The van der Waals surface area contributed by atoms with Gasteiger partial charge in [-0.05, 0) is 152 Å². The van der Waals surface area contributed by atoms with Gasteiger partial charge < -0.3 is 28.8 Å². The predicted octanol–water partition coefficient (Wildman–Crippen LogP) is 11.8. The Morgan fingerprint density at radius 3 is 1.86 bits per heavy atom. The SMILES string of the molecule is CC.CC.CC1[C@@H](N(C)C)Cc2cccc3c(C4CC4)cn1c23.CN(C)C1Cc2cccc3c(C4CC4)cn(c23)C1.CNC.Fc1cc2c3c(ccn3CCC2)c1Cl. The van der Waals surface area contributed by atoms with Crippen molar-refractivity contribution in [1.82, 2.24) is 28.8 Å². The molecule has 6 heterocycles. The highest BCUT2D eigenvalue weighted by molar-refractivity contribution is 6.35. The Balaban J connectivity index is 0.000000137. The monoisotopic (exact) mass is 809 g/mol. The van der Waals surface area contributed by atoms with Crippen LogP contribution >= 0.6 is 11.6 Å². The van der Waals surface area contributed by atoms with Gasteiger partial charge in [0.25, 0.3) is 0 Å². The van der Waals surface area contributed by atoms with E-state index >= 15 is 0 Å². The quantitative estimate of drug-likeness (QED) is 0.193. The average molecular weight is 810 g/mol. The molecule has 3 aromatic carbocycles. The van der Waals surface area contributed by atoms with E-state index in [0.717, 1.165) is 54.2 Å². The van der Waals surface area contributed by atoms with E-state index in [4.69, 9.17) is 11.6 Å². The minimum absolute atomic E-state index is 0.254. The molecular formula is C50H70ClFN6. The van der Waals surface area contributed by atoms with Gasteiger partial charge in [0.2, 0.25) is 0 Å². The first-order chi connectivity index (χ1) is 28.1. The number of nitrogens with zero attached hydrogens (tertiary/aromatic N) is 5. The summed E-state index contributed by atoms with van der Waals surface area (Å²) in [6.45, 7) is 12.5. The zero-order valence-electron chi connectivity index (χ0n) is 37.3. The lowest BCUT2D eigenvalue weighted by Gasteiger charge is -2.35. The van der Waals surface area contributed by atoms with Gasteiger partial charge in [-0.2, -0.15) is 0 Å². The topological polar surface area (TPSA) is 33.3 Å². The van der Waals surface area contributed by atoms with Crippen LogP contribution in [0.4, 0.5) is 4.39 Å². The first kappa shape index (κ1) is 43.9. The van der Waals surface area contributed by atoms with E-state index in [9.17, 15) is 4.39 Å². The molecule has 1 N–H and O–H groups in total. The van der Waals surface area contributed by atoms with Gasteiger partial charge in [-0.25, -0.2) is 4.39 Å². The first-order valence-corrected chi connectivity index (χ1v) is 22.6. The minimum Gasteiger partial charge on any atom is -0.347 e. The van der Waals surface area contributed by atoms with Gasteiger partial charge in [-0.3, -0.25) is 0 Å². The van der Waals surface area contributed by atoms with Crippen molar-refractivity contribution in [3.63, 3.8) is 0 Å². The van der Waals surface area contributed by atoms with E-state index in [0.29, 0.717) is 18.1 Å². The van der Waals surface area contributed by atoms with Crippen molar-refractivity contribution in [1.29, 1.82) is 0 Å². The van der Waals surface area contributed by atoms with Crippen LogP contribution < -0.4 is 5.32 Å². The summed E-state index contributed by atoms with van der Waals surface area (Å²) in [4.78, 5) is 4.74. The summed E-state index contributed by atoms with van der Waals surface area (Å²) in [5.41, 5.74) is 11.5. The minimum atomic E-state index is -0.297. The molecule has 11 rings (SSSR count). The van der Waals surface area contributed by atoms with Gasteiger partial charge in [-0.1, -0.05) is 75.7 Å². The summed E-state index contributed by atoms with van der Waals surface area (Å²) < 4.78 is 20.6. The molecular weight excluding hydrogens is 739 g/mol. The fraction of sp³-hybridized carbons (Fsp3) is 0.520. The third-order valence-electron chi connectivity index (χ3n) is 12.6. The average Bonchev–Trinajstić information content (AvgIpc) is 4.15. The number of para-hydroxylation sites is 2. The Morgan fingerprint density at radius 2 is 1.28 bits per heavy atom. The third kappa shape index (κ3) is 8.80. The molecule has 3 atom stereocenters. The standard InChI is InChI=1S/C17H22N2.C16H20N2.C11H9ClFN.C2H7N.2C2H6/c1-11-16(18(2)3)9-13-5-4-6-14-15(12-7-8-12)10-19(11)17(13)14;1-17(2)13-8-12-4-3-5-14-15(11-6-7-11)10-18(9-13)16(12)14;12-10-8-3-5-14-4-1-2-7(11(8)14)6-9(10)13;1-3-2;2*1-2/h4-6,10-12,16H,7-9H2,1-3H3;3-5,10-11,13H,6-9H2,1-2H3;3,5-6H,1-2,4H2;3H,1-2H3;2*1-2H3/t11?,16-;;;;;/m0...../s1. The maximum absolute atomic E-state index is 13.4. The molecule has 0 radical (unpaired) electrons. The molecule has 6 aromatic rings. The van der Waals surface area contributed by atoms with E-state index in [1.54, 1.807) is 17.2 Å². The molecule has 0 saturated heterocycles. The molecule has 2 aliphatic carbocycles. The second kappa shape index (κ2) is 19.2. The van der Waals surface area contributed by atoms with Crippen LogP contribution in [0, 0.1) is 5.82 Å². The van der Waals surface area contributed by atoms with Crippen LogP contribution in [0.2, 0.25) is 5.02 Å². The number of rotatable bonds is 4. The number of benzene rings is 3. The van der Waals surface area contributed by atoms with Crippen LogP contribution in [0.3, 0.4) is 0 Å². The highest BCUT2D eigenvalue weighted by atomic mass is 35.5.